The van der Waals surface area contributed by atoms with Crippen molar-refractivity contribution in [2.45, 2.75) is 32.9 Å². The predicted molar refractivity (Wildman–Crippen MR) is 106 cm³/mol. The van der Waals surface area contributed by atoms with Crippen LogP contribution in [-0.4, -0.2) is 14.3 Å². The van der Waals surface area contributed by atoms with Crippen molar-refractivity contribution >= 4 is 22.5 Å². The van der Waals surface area contributed by atoms with E-state index in [1.165, 1.54) is 0 Å². The Kier molecular flexibility index (Phi) is 4.51. The number of aromatic nitrogens is 3. The van der Waals surface area contributed by atoms with E-state index in [9.17, 15) is 4.79 Å². The van der Waals surface area contributed by atoms with Gasteiger partial charge in [-0.15, -0.1) is 0 Å². The molecule has 26 heavy (non-hydrogen) atoms. The fraction of sp³-hybridized carbons (Fsp3) is 0.238. The van der Waals surface area contributed by atoms with Gasteiger partial charge in [0.2, 0.25) is 0 Å². The predicted octanol–water partition coefficient (Wildman–Crippen LogP) is 4.80. The zero-order valence-electron chi connectivity index (χ0n) is 14.7. The number of para-hydroxylation sites is 1. The van der Waals surface area contributed by atoms with Crippen molar-refractivity contribution in [3.05, 3.63) is 75.7 Å². The van der Waals surface area contributed by atoms with E-state index in [0.717, 1.165) is 35.0 Å². The molecule has 2 aromatic rings. The summed E-state index contributed by atoms with van der Waals surface area (Å²) < 4.78 is 3.71. The van der Waals surface area contributed by atoms with Gasteiger partial charge < -0.3 is 4.57 Å². The van der Waals surface area contributed by atoms with Gasteiger partial charge in [0, 0.05) is 29.7 Å². The molecule has 4 nitrogen and oxygen atoms in total. The van der Waals surface area contributed by atoms with Gasteiger partial charge in [0.1, 0.15) is 5.69 Å². The second-order valence-electron chi connectivity index (χ2n) is 6.55. The molecule has 0 radical (unpaired) electrons. The molecule has 0 saturated carbocycles. The van der Waals surface area contributed by atoms with E-state index in [-0.39, 0.29) is 5.56 Å². The molecule has 2 aliphatic heterocycles. The van der Waals surface area contributed by atoms with Crippen molar-refractivity contribution in [1.82, 2.24) is 14.3 Å². The molecule has 0 N–H and O–H groups in total. The molecule has 0 fully saturated rings. The van der Waals surface area contributed by atoms with E-state index < -0.39 is 0 Å². The lowest BCUT2D eigenvalue weighted by molar-refractivity contribution is 0.560. The van der Waals surface area contributed by atoms with E-state index in [0.29, 0.717) is 23.7 Å². The van der Waals surface area contributed by atoms with Gasteiger partial charge in [-0.25, -0.2) is 4.68 Å². The Labute approximate surface area is 157 Å². The largest absolute Gasteiger partial charge is 0.342 e. The van der Waals surface area contributed by atoms with Crippen LogP contribution in [0, 0.1) is 0 Å². The Morgan fingerprint density at radius 1 is 1.12 bits per heavy atom. The van der Waals surface area contributed by atoms with Crippen LogP contribution in [0.15, 0.2) is 59.5 Å². The summed E-state index contributed by atoms with van der Waals surface area (Å²) in [4.78, 5) is 12.8. The lowest BCUT2D eigenvalue weighted by Crippen LogP contribution is -2.17. The van der Waals surface area contributed by atoms with Crippen LogP contribution < -0.4 is 5.56 Å². The minimum atomic E-state index is -0.0148. The van der Waals surface area contributed by atoms with Crippen molar-refractivity contribution in [3.8, 4) is 11.3 Å². The van der Waals surface area contributed by atoms with E-state index in [1.807, 2.05) is 48.7 Å². The third kappa shape index (κ3) is 3.01. The summed E-state index contributed by atoms with van der Waals surface area (Å²) in [5.41, 5.74) is 3.59. The first-order chi connectivity index (χ1) is 12.7. The molecule has 0 unspecified atom stereocenters. The average Bonchev–Trinajstić information content (AvgIpc) is 2.96. The van der Waals surface area contributed by atoms with Crippen LogP contribution in [0.25, 0.3) is 22.2 Å². The Morgan fingerprint density at radius 3 is 2.77 bits per heavy atom. The maximum Gasteiger partial charge on any atom is 0.277 e. The lowest BCUT2D eigenvalue weighted by atomic mass is 10.1. The van der Waals surface area contributed by atoms with Crippen molar-refractivity contribution in [3.63, 3.8) is 0 Å². The fourth-order valence-corrected chi connectivity index (χ4v) is 3.56. The molecule has 2 heterocycles. The standard InChI is InChI=1S/C21H20ClN3O/c1-2-3-11-25-21(26)18-14-24(13-15-7-6-8-16(22)12-15)19-10-5-4-9-17(19)20(18)23-25/h4-10,12,14H,2-3,11,13H2,1H3. The molecule has 0 aromatic heterocycles. The van der Waals surface area contributed by atoms with Crippen LogP contribution in [0.3, 0.4) is 0 Å². The van der Waals surface area contributed by atoms with E-state index in [2.05, 4.69) is 22.7 Å². The van der Waals surface area contributed by atoms with E-state index in [4.69, 9.17) is 11.6 Å². The highest BCUT2D eigenvalue weighted by Gasteiger charge is 2.19. The zero-order chi connectivity index (χ0) is 18.1. The average molecular weight is 366 g/mol. The molecule has 2 aromatic carbocycles. The Hall–Kier alpha value is -2.59. The van der Waals surface area contributed by atoms with Crippen molar-refractivity contribution in [2.75, 3.05) is 0 Å². The summed E-state index contributed by atoms with van der Waals surface area (Å²) in [6.45, 7) is 3.42. The summed E-state index contributed by atoms with van der Waals surface area (Å²) in [6.07, 6.45) is 3.91. The first-order valence-corrected chi connectivity index (χ1v) is 9.28. The van der Waals surface area contributed by atoms with Crippen LogP contribution in [-0.2, 0) is 13.1 Å². The molecular formula is C21H20ClN3O. The van der Waals surface area contributed by atoms with E-state index >= 15 is 0 Å². The van der Waals surface area contributed by atoms with Gasteiger partial charge >= 0.3 is 0 Å². The molecule has 5 heteroatoms. The van der Waals surface area contributed by atoms with E-state index in [1.54, 1.807) is 4.68 Å². The molecule has 0 atom stereocenters. The number of unbranched alkanes of at least 4 members (excludes halogenated alkanes) is 1. The quantitative estimate of drug-likeness (QED) is 0.509. The van der Waals surface area contributed by atoms with Gasteiger partial charge in [0.15, 0.2) is 0 Å². The number of fused-ring (bicyclic) bond motifs is 3. The molecular weight excluding hydrogens is 346 g/mol. The summed E-state index contributed by atoms with van der Waals surface area (Å²) in [5.74, 6) is 0. The molecule has 4 rings (SSSR count). The van der Waals surface area contributed by atoms with Crippen LogP contribution in [0.5, 0.6) is 0 Å². The molecule has 2 aliphatic rings. The van der Waals surface area contributed by atoms with Gasteiger partial charge in [0.05, 0.1) is 11.1 Å². The number of pyridine rings is 1. The number of hydrogen-bond acceptors (Lipinski definition) is 2. The van der Waals surface area contributed by atoms with Gasteiger partial charge in [-0.2, -0.15) is 5.10 Å². The van der Waals surface area contributed by atoms with Crippen molar-refractivity contribution in [2.24, 2.45) is 0 Å². The third-order valence-corrected chi connectivity index (χ3v) is 4.89. The molecule has 132 valence electrons. The molecule has 0 saturated heterocycles. The van der Waals surface area contributed by atoms with Crippen molar-refractivity contribution < 1.29 is 0 Å². The number of rotatable bonds is 5. The highest BCUT2D eigenvalue weighted by atomic mass is 35.5. The topological polar surface area (TPSA) is 39.8 Å². The highest BCUT2D eigenvalue weighted by Crippen LogP contribution is 2.28. The van der Waals surface area contributed by atoms with Crippen molar-refractivity contribution in [1.29, 1.82) is 0 Å². The lowest BCUT2D eigenvalue weighted by Gasteiger charge is -2.14. The first-order valence-electron chi connectivity index (χ1n) is 8.90. The highest BCUT2D eigenvalue weighted by molar-refractivity contribution is 6.30. The summed E-state index contributed by atoms with van der Waals surface area (Å²) in [6, 6.07) is 15.9. The summed E-state index contributed by atoms with van der Waals surface area (Å²) in [7, 11) is 0. The van der Waals surface area contributed by atoms with Crippen LogP contribution in [0.4, 0.5) is 0 Å². The number of benzene rings is 2. The van der Waals surface area contributed by atoms with Gasteiger partial charge in [-0.1, -0.05) is 55.3 Å². The normalized spacial score (nSPS) is 11.5. The molecule has 0 spiro atoms. The van der Waals surface area contributed by atoms with Crippen LogP contribution >= 0.6 is 11.6 Å². The fourth-order valence-electron chi connectivity index (χ4n) is 3.35. The minimum Gasteiger partial charge on any atom is -0.342 e. The Bertz CT molecular complexity index is 1100. The molecule has 0 amide bonds. The number of halogens is 1. The Balaban J connectivity index is 1.90. The Morgan fingerprint density at radius 2 is 1.96 bits per heavy atom. The summed E-state index contributed by atoms with van der Waals surface area (Å²) >= 11 is 6.13. The second-order valence-corrected chi connectivity index (χ2v) is 6.98. The number of hydrogen-bond donors (Lipinski definition) is 0. The van der Waals surface area contributed by atoms with Crippen LogP contribution in [0.2, 0.25) is 5.02 Å². The molecule has 0 aliphatic carbocycles. The maximum absolute atomic E-state index is 12.8. The smallest absolute Gasteiger partial charge is 0.277 e. The second kappa shape index (κ2) is 6.96. The van der Waals surface area contributed by atoms with Crippen LogP contribution in [0.1, 0.15) is 25.3 Å². The first kappa shape index (κ1) is 16.9. The number of nitrogens with zero attached hydrogens (tertiary/aromatic N) is 3. The monoisotopic (exact) mass is 365 g/mol. The summed E-state index contributed by atoms with van der Waals surface area (Å²) in [5, 5.41) is 6.32. The minimum absolute atomic E-state index is 0.0148. The van der Waals surface area contributed by atoms with Gasteiger partial charge in [-0.05, 0) is 30.2 Å². The molecule has 0 bridgehead atoms. The SMILES string of the molecule is CCCCn1nc2c3ccccc3n(Cc3cccc(Cl)c3)cc-2c1=O. The zero-order valence-corrected chi connectivity index (χ0v) is 15.4. The van der Waals surface area contributed by atoms with Gasteiger partial charge in [-0.3, -0.25) is 4.79 Å². The van der Waals surface area contributed by atoms with Gasteiger partial charge in [0.25, 0.3) is 5.56 Å². The number of aryl methyl sites for hydroxylation is 1. The maximum atomic E-state index is 12.8. The third-order valence-electron chi connectivity index (χ3n) is 4.66.